The van der Waals surface area contributed by atoms with Crippen molar-refractivity contribution in [2.24, 2.45) is 0 Å². The van der Waals surface area contributed by atoms with Crippen molar-refractivity contribution in [1.82, 2.24) is 4.37 Å². The Morgan fingerprint density at radius 2 is 1.72 bits per heavy atom. The van der Waals surface area contributed by atoms with Crippen LogP contribution in [0.15, 0.2) is 83.7 Å². The van der Waals surface area contributed by atoms with Crippen molar-refractivity contribution in [1.29, 1.82) is 0 Å². The van der Waals surface area contributed by atoms with Gasteiger partial charge in [0, 0.05) is 11.6 Å². The van der Waals surface area contributed by atoms with Gasteiger partial charge in [0.05, 0.1) is 4.88 Å². The number of rotatable bonds is 5. The molecule has 1 aromatic heterocycles. The minimum absolute atomic E-state index is 0.0125. The van der Waals surface area contributed by atoms with Gasteiger partial charge < -0.3 is 9.47 Å². The second-order valence-electron chi connectivity index (χ2n) is 6.99. The Balaban J connectivity index is 1.34. The standard InChI is InChI=1S/C24H19NO3S/c26-24-15-23(29-25-24)16-9-11-18(12-10-16)28-22-14-13-20-19(22)7-4-8-21(20)27-17-5-2-1-3-6-17/h1-12,15,22H,13-14H2,(H,25,26)/t22-/m1/s1. The van der Waals surface area contributed by atoms with Crippen LogP contribution in [0.2, 0.25) is 0 Å². The fraction of sp³-hybridized carbons (Fsp3) is 0.125. The van der Waals surface area contributed by atoms with Gasteiger partial charge in [-0.2, -0.15) is 0 Å². The predicted octanol–water partition coefficient (Wildman–Crippen LogP) is 5.96. The van der Waals surface area contributed by atoms with Crippen LogP contribution in [0, 0.1) is 0 Å². The molecule has 0 radical (unpaired) electrons. The Bertz CT molecular complexity index is 1180. The first-order valence-corrected chi connectivity index (χ1v) is 10.4. The van der Waals surface area contributed by atoms with Crippen LogP contribution in [0.4, 0.5) is 0 Å². The van der Waals surface area contributed by atoms with Crippen LogP contribution >= 0.6 is 11.5 Å². The number of nitrogens with one attached hydrogen (secondary N) is 1. The molecule has 0 unspecified atom stereocenters. The molecule has 4 aromatic rings. The van der Waals surface area contributed by atoms with E-state index in [0.29, 0.717) is 0 Å². The molecular weight excluding hydrogens is 382 g/mol. The molecular formula is C24H19NO3S. The van der Waals surface area contributed by atoms with Crippen LogP contribution in [0.5, 0.6) is 17.2 Å². The third-order valence-electron chi connectivity index (χ3n) is 5.08. The van der Waals surface area contributed by atoms with Crippen molar-refractivity contribution < 1.29 is 9.47 Å². The van der Waals surface area contributed by atoms with Gasteiger partial charge in [-0.25, -0.2) is 0 Å². The van der Waals surface area contributed by atoms with Crippen molar-refractivity contribution in [3.05, 3.63) is 100 Å². The van der Waals surface area contributed by atoms with Crippen LogP contribution in [-0.2, 0) is 6.42 Å². The lowest BCUT2D eigenvalue weighted by molar-refractivity contribution is 0.207. The van der Waals surface area contributed by atoms with Gasteiger partial charge in [0.25, 0.3) is 5.56 Å². The molecule has 1 aliphatic rings. The van der Waals surface area contributed by atoms with Gasteiger partial charge in [0.1, 0.15) is 23.4 Å². The van der Waals surface area contributed by atoms with E-state index in [9.17, 15) is 4.79 Å². The quantitative estimate of drug-likeness (QED) is 0.449. The summed E-state index contributed by atoms with van der Waals surface area (Å²) in [6.45, 7) is 0. The van der Waals surface area contributed by atoms with Gasteiger partial charge >= 0.3 is 0 Å². The summed E-state index contributed by atoms with van der Waals surface area (Å²) in [6.07, 6.45) is 1.86. The predicted molar refractivity (Wildman–Crippen MR) is 115 cm³/mol. The average molecular weight is 401 g/mol. The third kappa shape index (κ3) is 3.69. The average Bonchev–Trinajstić information content (AvgIpc) is 3.37. The highest BCUT2D eigenvalue weighted by molar-refractivity contribution is 7.09. The number of aromatic amines is 1. The number of para-hydroxylation sites is 1. The fourth-order valence-corrected chi connectivity index (χ4v) is 4.39. The molecule has 29 heavy (non-hydrogen) atoms. The maximum Gasteiger partial charge on any atom is 0.258 e. The number of fused-ring (bicyclic) bond motifs is 1. The van der Waals surface area contributed by atoms with Crippen LogP contribution in [0.1, 0.15) is 23.7 Å². The Labute approximate surface area is 172 Å². The smallest absolute Gasteiger partial charge is 0.258 e. The Kier molecular flexibility index (Phi) is 4.66. The first-order valence-electron chi connectivity index (χ1n) is 9.56. The fourth-order valence-electron chi connectivity index (χ4n) is 3.70. The molecule has 1 aliphatic carbocycles. The summed E-state index contributed by atoms with van der Waals surface area (Å²) in [5.41, 5.74) is 3.34. The van der Waals surface area contributed by atoms with E-state index in [0.717, 1.165) is 40.5 Å². The zero-order valence-electron chi connectivity index (χ0n) is 15.6. The number of aromatic nitrogens is 1. The SMILES string of the molecule is O=c1cc(-c2ccc(O[C@@H]3CCc4c(Oc5ccccc5)cccc43)cc2)s[nH]1. The second kappa shape index (κ2) is 7.60. The van der Waals surface area contributed by atoms with E-state index >= 15 is 0 Å². The molecule has 3 aromatic carbocycles. The summed E-state index contributed by atoms with van der Waals surface area (Å²) in [7, 11) is 0. The maximum atomic E-state index is 11.3. The van der Waals surface area contributed by atoms with Crippen molar-refractivity contribution in [3.8, 4) is 27.7 Å². The second-order valence-corrected chi connectivity index (χ2v) is 7.83. The Morgan fingerprint density at radius 1 is 0.897 bits per heavy atom. The van der Waals surface area contributed by atoms with Crippen LogP contribution in [0.3, 0.4) is 0 Å². The Hall–Kier alpha value is -3.31. The molecule has 0 spiro atoms. The third-order valence-corrected chi connectivity index (χ3v) is 5.96. The maximum absolute atomic E-state index is 11.3. The lowest BCUT2D eigenvalue weighted by atomic mass is 10.1. The first kappa shape index (κ1) is 17.8. The molecule has 144 valence electrons. The zero-order chi connectivity index (χ0) is 19.6. The number of ether oxygens (including phenoxy) is 2. The van der Waals surface area contributed by atoms with Crippen molar-refractivity contribution >= 4 is 11.5 Å². The minimum atomic E-state index is -0.0681. The van der Waals surface area contributed by atoms with Crippen molar-refractivity contribution in [3.63, 3.8) is 0 Å². The number of benzene rings is 3. The van der Waals surface area contributed by atoms with Gasteiger partial charge in [-0.1, -0.05) is 41.9 Å². The number of H-pyrrole nitrogens is 1. The van der Waals surface area contributed by atoms with Gasteiger partial charge in [0.2, 0.25) is 0 Å². The molecule has 1 atom stereocenters. The van der Waals surface area contributed by atoms with E-state index in [1.807, 2.05) is 66.7 Å². The highest BCUT2D eigenvalue weighted by Crippen LogP contribution is 2.41. The lowest BCUT2D eigenvalue weighted by Crippen LogP contribution is -2.03. The molecule has 0 amide bonds. The largest absolute Gasteiger partial charge is 0.486 e. The van der Waals surface area contributed by atoms with Gasteiger partial charge in [-0.15, -0.1) is 0 Å². The minimum Gasteiger partial charge on any atom is -0.486 e. The van der Waals surface area contributed by atoms with E-state index in [4.69, 9.17) is 9.47 Å². The van der Waals surface area contributed by atoms with Crippen LogP contribution < -0.4 is 15.0 Å². The summed E-state index contributed by atoms with van der Waals surface area (Å²) in [4.78, 5) is 12.3. The molecule has 5 heteroatoms. The van der Waals surface area contributed by atoms with Crippen LogP contribution in [-0.4, -0.2) is 4.37 Å². The Morgan fingerprint density at radius 3 is 2.48 bits per heavy atom. The van der Waals surface area contributed by atoms with Crippen molar-refractivity contribution in [2.45, 2.75) is 18.9 Å². The van der Waals surface area contributed by atoms with E-state index in [1.54, 1.807) is 6.07 Å². The van der Waals surface area contributed by atoms with E-state index in [2.05, 4.69) is 10.4 Å². The summed E-state index contributed by atoms with van der Waals surface area (Å²) in [5, 5.41) is 0. The van der Waals surface area contributed by atoms with Crippen molar-refractivity contribution in [2.75, 3.05) is 0 Å². The zero-order valence-corrected chi connectivity index (χ0v) is 16.4. The summed E-state index contributed by atoms with van der Waals surface area (Å²) in [5.74, 6) is 2.56. The molecule has 5 rings (SSSR count). The molecule has 4 nitrogen and oxygen atoms in total. The normalized spacial score (nSPS) is 15.1. The van der Waals surface area contributed by atoms with Gasteiger partial charge in [-0.3, -0.25) is 9.17 Å². The summed E-state index contributed by atoms with van der Waals surface area (Å²) < 4.78 is 15.1. The lowest BCUT2D eigenvalue weighted by Gasteiger charge is -2.16. The number of hydrogen-bond acceptors (Lipinski definition) is 4. The van der Waals surface area contributed by atoms with E-state index in [1.165, 1.54) is 22.7 Å². The molecule has 1 N–H and O–H groups in total. The topological polar surface area (TPSA) is 51.3 Å². The number of hydrogen-bond donors (Lipinski definition) is 1. The molecule has 1 heterocycles. The molecule has 0 saturated carbocycles. The summed E-state index contributed by atoms with van der Waals surface area (Å²) >= 11 is 1.34. The monoisotopic (exact) mass is 401 g/mol. The van der Waals surface area contributed by atoms with E-state index < -0.39 is 0 Å². The summed E-state index contributed by atoms with van der Waals surface area (Å²) in [6, 6.07) is 25.5. The first-order chi connectivity index (χ1) is 14.3. The molecule has 0 aliphatic heterocycles. The highest BCUT2D eigenvalue weighted by Gasteiger charge is 2.27. The molecule has 0 bridgehead atoms. The highest BCUT2D eigenvalue weighted by atomic mass is 32.1. The van der Waals surface area contributed by atoms with Gasteiger partial charge in [-0.05, 0) is 66.4 Å². The van der Waals surface area contributed by atoms with Crippen LogP contribution in [0.25, 0.3) is 10.4 Å². The van der Waals surface area contributed by atoms with E-state index in [-0.39, 0.29) is 11.7 Å². The molecule has 0 saturated heterocycles. The molecule has 0 fully saturated rings. The van der Waals surface area contributed by atoms with Gasteiger partial charge in [0.15, 0.2) is 0 Å².